The highest BCUT2D eigenvalue weighted by atomic mass is 32.2. The van der Waals surface area contributed by atoms with Crippen molar-refractivity contribution in [3.05, 3.63) is 41.0 Å². The minimum atomic E-state index is -0.161. The number of rotatable bonds is 6. The van der Waals surface area contributed by atoms with Crippen LogP contribution in [-0.4, -0.2) is 37.1 Å². The van der Waals surface area contributed by atoms with Crippen molar-refractivity contribution in [3.8, 4) is 0 Å². The lowest BCUT2D eigenvalue weighted by Crippen LogP contribution is -2.15. The summed E-state index contributed by atoms with van der Waals surface area (Å²) in [5, 5.41) is 16.2. The molecule has 0 saturated carbocycles. The zero-order valence-corrected chi connectivity index (χ0v) is 20.1. The topological polar surface area (TPSA) is 101 Å². The Morgan fingerprint density at radius 1 is 1.21 bits per heavy atom. The summed E-state index contributed by atoms with van der Waals surface area (Å²) in [4.78, 5) is 31.2. The number of nitrogens with zero attached hydrogens (tertiary/aromatic N) is 4. The summed E-state index contributed by atoms with van der Waals surface area (Å²) in [7, 11) is 0. The zero-order valence-electron chi connectivity index (χ0n) is 18.4. The monoisotopic (exact) mass is 480 g/mol. The van der Waals surface area contributed by atoms with Crippen LogP contribution < -0.4 is 10.6 Å². The van der Waals surface area contributed by atoms with Gasteiger partial charge >= 0.3 is 0 Å². The van der Waals surface area contributed by atoms with Gasteiger partial charge in [-0.05, 0) is 48.9 Å². The van der Waals surface area contributed by atoms with Crippen molar-refractivity contribution in [2.75, 3.05) is 16.4 Å². The van der Waals surface area contributed by atoms with Crippen LogP contribution in [0.2, 0.25) is 0 Å². The average molecular weight is 481 g/mol. The standard InChI is InChI=1S/C23H24N6O2S2/c1-3-18(30)25-14-5-4-6-15(10-14)26-19(31)11-32-23-28-27-21-20-16-8-7-13(2)9-17(16)33-22(20)24-12-29(21)23/h4-6,10,12-13H,3,7-9,11H2,1-2H3,(H,25,30)(H,26,31)/t13-/m1/s1. The van der Waals surface area contributed by atoms with Gasteiger partial charge in [0.25, 0.3) is 0 Å². The molecular formula is C23H24N6O2S2. The number of aromatic nitrogens is 4. The fourth-order valence-electron chi connectivity index (χ4n) is 4.07. The fraction of sp³-hybridized carbons (Fsp3) is 0.348. The van der Waals surface area contributed by atoms with Crippen LogP contribution in [0.4, 0.5) is 11.4 Å². The first-order valence-electron chi connectivity index (χ1n) is 11.0. The molecule has 3 aromatic heterocycles. The van der Waals surface area contributed by atoms with Gasteiger partial charge in [-0.25, -0.2) is 4.98 Å². The number of nitrogens with one attached hydrogen (secondary N) is 2. The van der Waals surface area contributed by atoms with E-state index in [1.165, 1.54) is 28.6 Å². The highest BCUT2D eigenvalue weighted by Crippen LogP contribution is 2.39. The highest BCUT2D eigenvalue weighted by Gasteiger charge is 2.24. The molecule has 8 nitrogen and oxygen atoms in total. The van der Waals surface area contributed by atoms with Crippen molar-refractivity contribution < 1.29 is 9.59 Å². The second-order valence-electron chi connectivity index (χ2n) is 8.27. The minimum Gasteiger partial charge on any atom is -0.326 e. The first kappa shape index (κ1) is 21.8. The number of hydrogen-bond acceptors (Lipinski definition) is 7. The summed E-state index contributed by atoms with van der Waals surface area (Å²) in [6.45, 7) is 4.09. The summed E-state index contributed by atoms with van der Waals surface area (Å²) in [6, 6.07) is 7.11. The number of aryl methyl sites for hydroxylation is 1. The number of anilines is 2. The molecular weight excluding hydrogens is 456 g/mol. The SMILES string of the molecule is CCC(=O)Nc1cccc(NC(=O)CSc2nnc3c4c5c(sc4ncn23)C[C@H](C)CC5)c1. The average Bonchev–Trinajstić information content (AvgIpc) is 3.38. The largest absolute Gasteiger partial charge is 0.326 e. The molecule has 0 fully saturated rings. The van der Waals surface area contributed by atoms with Gasteiger partial charge < -0.3 is 10.6 Å². The molecule has 0 aliphatic heterocycles. The highest BCUT2D eigenvalue weighted by molar-refractivity contribution is 7.99. The molecule has 1 aromatic carbocycles. The van der Waals surface area contributed by atoms with Gasteiger partial charge in [0, 0.05) is 22.7 Å². The molecule has 4 aromatic rings. The van der Waals surface area contributed by atoms with Crippen LogP contribution in [0.25, 0.3) is 15.9 Å². The maximum Gasteiger partial charge on any atom is 0.234 e. The molecule has 170 valence electrons. The lowest BCUT2D eigenvalue weighted by Gasteiger charge is -2.17. The molecule has 2 N–H and O–H groups in total. The van der Waals surface area contributed by atoms with Crippen molar-refractivity contribution in [1.82, 2.24) is 19.6 Å². The van der Waals surface area contributed by atoms with Crippen LogP contribution in [0.15, 0.2) is 35.7 Å². The third-order valence-corrected chi connectivity index (χ3v) is 7.86. The number of hydrogen-bond donors (Lipinski definition) is 2. The summed E-state index contributed by atoms with van der Waals surface area (Å²) < 4.78 is 1.88. The number of amides is 2. The third kappa shape index (κ3) is 4.45. The number of benzene rings is 1. The molecule has 10 heteroatoms. The second kappa shape index (κ2) is 9.11. The first-order valence-corrected chi connectivity index (χ1v) is 12.8. The van der Waals surface area contributed by atoms with E-state index in [4.69, 9.17) is 0 Å². The number of thiophene rings is 1. The van der Waals surface area contributed by atoms with Crippen LogP contribution in [0.5, 0.6) is 0 Å². The first-order chi connectivity index (χ1) is 16.0. The van der Waals surface area contributed by atoms with Gasteiger partial charge in [-0.3, -0.25) is 14.0 Å². The second-order valence-corrected chi connectivity index (χ2v) is 10.3. The lowest BCUT2D eigenvalue weighted by molar-refractivity contribution is -0.116. The van der Waals surface area contributed by atoms with E-state index in [0.717, 1.165) is 28.7 Å². The van der Waals surface area contributed by atoms with E-state index in [9.17, 15) is 9.59 Å². The van der Waals surface area contributed by atoms with Crippen LogP contribution in [0.3, 0.4) is 0 Å². The van der Waals surface area contributed by atoms with Crippen LogP contribution >= 0.6 is 23.1 Å². The van der Waals surface area contributed by atoms with E-state index in [1.54, 1.807) is 48.9 Å². The zero-order chi connectivity index (χ0) is 22.9. The summed E-state index contributed by atoms with van der Waals surface area (Å²) in [5.74, 6) is 0.653. The van der Waals surface area contributed by atoms with E-state index in [0.29, 0.717) is 28.9 Å². The van der Waals surface area contributed by atoms with Crippen molar-refractivity contribution in [1.29, 1.82) is 0 Å². The Morgan fingerprint density at radius 2 is 2.00 bits per heavy atom. The van der Waals surface area contributed by atoms with E-state index >= 15 is 0 Å². The molecule has 2 amide bonds. The molecule has 5 rings (SSSR count). The fourth-order valence-corrected chi connectivity index (χ4v) is 6.12. The van der Waals surface area contributed by atoms with Crippen LogP contribution in [0, 0.1) is 5.92 Å². The van der Waals surface area contributed by atoms with Crippen molar-refractivity contribution in [3.63, 3.8) is 0 Å². The van der Waals surface area contributed by atoms with Crippen LogP contribution in [-0.2, 0) is 22.4 Å². The van der Waals surface area contributed by atoms with Crippen molar-refractivity contribution >= 4 is 62.2 Å². The number of carbonyl (C=O) groups excluding carboxylic acids is 2. The van der Waals surface area contributed by atoms with E-state index in [1.807, 2.05) is 4.40 Å². The number of fused-ring (bicyclic) bond motifs is 5. The van der Waals surface area contributed by atoms with Gasteiger partial charge in [0.15, 0.2) is 10.8 Å². The molecule has 1 aliphatic carbocycles. The van der Waals surface area contributed by atoms with Crippen molar-refractivity contribution in [2.45, 2.75) is 44.7 Å². The Morgan fingerprint density at radius 3 is 2.79 bits per heavy atom. The normalized spacial score (nSPS) is 15.5. The summed E-state index contributed by atoms with van der Waals surface area (Å²) in [5.41, 5.74) is 3.46. The summed E-state index contributed by atoms with van der Waals surface area (Å²) in [6.07, 6.45) is 5.48. The maximum atomic E-state index is 12.5. The Kier molecular flexibility index (Phi) is 6.03. The molecule has 0 bridgehead atoms. The molecule has 1 atom stereocenters. The van der Waals surface area contributed by atoms with E-state index in [-0.39, 0.29) is 17.6 Å². The van der Waals surface area contributed by atoms with Crippen molar-refractivity contribution in [2.24, 2.45) is 5.92 Å². The minimum absolute atomic E-state index is 0.0724. The predicted octanol–water partition coefficient (Wildman–Crippen LogP) is 4.54. The van der Waals surface area contributed by atoms with E-state index < -0.39 is 0 Å². The molecule has 0 saturated heterocycles. The van der Waals surface area contributed by atoms with Gasteiger partial charge in [-0.15, -0.1) is 21.5 Å². The Bertz CT molecular complexity index is 1360. The van der Waals surface area contributed by atoms with Gasteiger partial charge in [0.2, 0.25) is 11.8 Å². The quantitative estimate of drug-likeness (QED) is 0.393. The molecule has 0 radical (unpaired) electrons. The smallest absolute Gasteiger partial charge is 0.234 e. The van der Waals surface area contributed by atoms with Crippen LogP contribution in [0.1, 0.15) is 37.1 Å². The molecule has 1 aliphatic rings. The van der Waals surface area contributed by atoms with Gasteiger partial charge in [-0.1, -0.05) is 31.7 Å². The molecule has 33 heavy (non-hydrogen) atoms. The predicted molar refractivity (Wildman–Crippen MR) is 132 cm³/mol. The molecule has 0 unspecified atom stereocenters. The maximum absolute atomic E-state index is 12.5. The molecule has 0 spiro atoms. The van der Waals surface area contributed by atoms with Gasteiger partial charge in [0.1, 0.15) is 11.2 Å². The Labute approximate surface area is 199 Å². The number of thioether (sulfide) groups is 1. The Hall–Kier alpha value is -2.98. The third-order valence-electron chi connectivity index (χ3n) is 5.76. The summed E-state index contributed by atoms with van der Waals surface area (Å²) >= 11 is 3.09. The van der Waals surface area contributed by atoms with Gasteiger partial charge in [-0.2, -0.15) is 0 Å². The number of carbonyl (C=O) groups is 2. The molecule has 3 heterocycles. The lowest BCUT2D eigenvalue weighted by atomic mass is 9.89. The van der Waals surface area contributed by atoms with E-state index in [2.05, 4.69) is 32.7 Å². The Balaban J connectivity index is 1.30. The van der Waals surface area contributed by atoms with Gasteiger partial charge in [0.05, 0.1) is 11.1 Å².